The molecular formula is C14H25NO7. The van der Waals surface area contributed by atoms with Crippen molar-refractivity contribution in [3.05, 3.63) is 0 Å². The maximum Gasteiger partial charge on any atom is 0.304 e. The summed E-state index contributed by atoms with van der Waals surface area (Å²) in [6.07, 6.45) is -2.83. The van der Waals surface area contributed by atoms with Gasteiger partial charge < -0.3 is 29.7 Å². The van der Waals surface area contributed by atoms with Crippen molar-refractivity contribution in [2.75, 3.05) is 13.2 Å². The first-order valence-corrected chi connectivity index (χ1v) is 7.41. The van der Waals surface area contributed by atoms with Crippen molar-refractivity contribution in [1.29, 1.82) is 0 Å². The van der Waals surface area contributed by atoms with E-state index < -0.39 is 36.6 Å². The lowest BCUT2D eigenvalue weighted by Gasteiger charge is -2.38. The number of rotatable bonds is 7. The molecule has 1 saturated heterocycles. The number of esters is 1. The predicted molar refractivity (Wildman–Crippen MR) is 75.8 cm³/mol. The molecule has 0 aromatic heterocycles. The number of aliphatic hydroxyl groups excluding tert-OH is 2. The highest BCUT2D eigenvalue weighted by Crippen LogP contribution is 2.17. The molecule has 0 aliphatic carbocycles. The van der Waals surface area contributed by atoms with Crippen LogP contribution in [0.4, 0.5) is 0 Å². The van der Waals surface area contributed by atoms with Gasteiger partial charge in [-0.05, 0) is 13.3 Å². The monoisotopic (exact) mass is 319 g/mol. The Morgan fingerprint density at radius 1 is 1.36 bits per heavy atom. The van der Waals surface area contributed by atoms with Gasteiger partial charge in [-0.2, -0.15) is 0 Å². The molecule has 1 heterocycles. The highest BCUT2D eigenvalue weighted by molar-refractivity contribution is 5.76. The van der Waals surface area contributed by atoms with Crippen molar-refractivity contribution < 1.29 is 34.0 Å². The zero-order valence-electron chi connectivity index (χ0n) is 13.2. The van der Waals surface area contributed by atoms with Crippen molar-refractivity contribution in [1.82, 2.24) is 5.32 Å². The molecule has 0 saturated carbocycles. The highest BCUT2D eigenvalue weighted by atomic mass is 16.7. The summed E-state index contributed by atoms with van der Waals surface area (Å²) in [6.45, 7) is 4.71. The van der Waals surface area contributed by atoms with Crippen LogP contribution in [0.5, 0.6) is 0 Å². The Kier molecular flexibility index (Phi) is 7.74. The molecule has 128 valence electrons. The molecule has 1 aliphatic heterocycles. The second kappa shape index (κ2) is 9.04. The fourth-order valence-corrected chi connectivity index (χ4v) is 2.16. The molecule has 0 aromatic carbocycles. The lowest BCUT2D eigenvalue weighted by molar-refractivity contribution is -0.203. The van der Waals surface area contributed by atoms with Gasteiger partial charge in [0.15, 0.2) is 6.29 Å². The minimum atomic E-state index is -1.20. The Bertz CT molecular complexity index is 376. The van der Waals surface area contributed by atoms with Crippen LogP contribution in [0.2, 0.25) is 0 Å². The topological polar surface area (TPSA) is 114 Å². The zero-order chi connectivity index (χ0) is 16.7. The van der Waals surface area contributed by atoms with Crippen LogP contribution in [0.15, 0.2) is 0 Å². The molecule has 5 atom stereocenters. The molecule has 0 aromatic rings. The van der Waals surface area contributed by atoms with Crippen molar-refractivity contribution in [3.63, 3.8) is 0 Å². The van der Waals surface area contributed by atoms with E-state index in [9.17, 15) is 19.8 Å². The van der Waals surface area contributed by atoms with Gasteiger partial charge in [-0.3, -0.25) is 9.59 Å². The molecule has 8 nitrogen and oxygen atoms in total. The van der Waals surface area contributed by atoms with Gasteiger partial charge in [0.05, 0.1) is 19.3 Å². The molecule has 3 N–H and O–H groups in total. The first kappa shape index (κ1) is 18.8. The van der Waals surface area contributed by atoms with Crippen LogP contribution in [0.25, 0.3) is 0 Å². The SMILES string of the molecule is CCCC(=O)N[C@H]1CO[C@H](COC(C)OC(C)=O)[C@@H](O)[C@@H]1O. The number of nitrogens with one attached hydrogen (secondary N) is 1. The predicted octanol–water partition coefficient (Wildman–Crippen LogP) is -0.682. The molecule has 8 heteroatoms. The van der Waals surface area contributed by atoms with Gasteiger partial charge in [0.25, 0.3) is 0 Å². The van der Waals surface area contributed by atoms with Crippen molar-refractivity contribution >= 4 is 11.9 Å². The third-order valence-electron chi connectivity index (χ3n) is 3.28. The summed E-state index contributed by atoms with van der Waals surface area (Å²) in [5.74, 6) is -0.670. The van der Waals surface area contributed by atoms with Crippen LogP contribution >= 0.6 is 0 Å². The van der Waals surface area contributed by atoms with Crippen molar-refractivity contribution in [2.24, 2.45) is 0 Å². The number of amides is 1. The normalized spacial score (nSPS) is 29.7. The van der Waals surface area contributed by atoms with E-state index >= 15 is 0 Å². The number of carbonyl (C=O) groups is 2. The Hall–Kier alpha value is -1.22. The quantitative estimate of drug-likeness (QED) is 0.420. The molecule has 0 radical (unpaired) electrons. The van der Waals surface area contributed by atoms with E-state index in [4.69, 9.17) is 14.2 Å². The molecule has 1 amide bonds. The van der Waals surface area contributed by atoms with Crippen molar-refractivity contribution in [3.8, 4) is 0 Å². The van der Waals surface area contributed by atoms with Crippen molar-refractivity contribution in [2.45, 2.75) is 64.3 Å². The van der Waals surface area contributed by atoms with Gasteiger partial charge in [0, 0.05) is 13.3 Å². The van der Waals surface area contributed by atoms with E-state index in [1.165, 1.54) is 6.92 Å². The third-order valence-corrected chi connectivity index (χ3v) is 3.28. The largest absolute Gasteiger partial charge is 0.436 e. The van der Waals surface area contributed by atoms with Crippen LogP contribution in [0, 0.1) is 0 Å². The van der Waals surface area contributed by atoms with Crippen LogP contribution in [-0.4, -0.2) is 65.9 Å². The zero-order valence-corrected chi connectivity index (χ0v) is 13.2. The second-order valence-corrected chi connectivity index (χ2v) is 5.29. The first-order valence-electron chi connectivity index (χ1n) is 7.41. The number of hydrogen-bond acceptors (Lipinski definition) is 7. The van der Waals surface area contributed by atoms with E-state index in [1.807, 2.05) is 6.92 Å². The smallest absolute Gasteiger partial charge is 0.304 e. The Labute approximate surface area is 129 Å². The molecule has 1 aliphatic rings. The van der Waals surface area contributed by atoms with Gasteiger partial charge in [-0.1, -0.05) is 6.92 Å². The molecule has 22 heavy (non-hydrogen) atoms. The molecule has 0 spiro atoms. The number of ether oxygens (including phenoxy) is 3. The van der Waals surface area contributed by atoms with E-state index in [-0.39, 0.29) is 19.1 Å². The Balaban J connectivity index is 2.42. The molecule has 0 bridgehead atoms. The fraction of sp³-hybridized carbons (Fsp3) is 0.857. The summed E-state index contributed by atoms with van der Waals surface area (Å²) in [5, 5.41) is 22.7. The minimum absolute atomic E-state index is 0.0394. The minimum Gasteiger partial charge on any atom is -0.436 e. The first-order chi connectivity index (χ1) is 10.3. The van der Waals surface area contributed by atoms with Gasteiger partial charge >= 0.3 is 5.97 Å². The third kappa shape index (κ3) is 5.88. The molecular weight excluding hydrogens is 294 g/mol. The highest BCUT2D eigenvalue weighted by Gasteiger charge is 2.39. The van der Waals surface area contributed by atoms with Gasteiger partial charge in [0.1, 0.15) is 18.3 Å². The summed E-state index contributed by atoms with van der Waals surface area (Å²) in [4.78, 5) is 22.3. The van der Waals surface area contributed by atoms with E-state index in [0.29, 0.717) is 12.8 Å². The fourth-order valence-electron chi connectivity index (χ4n) is 2.16. The van der Waals surface area contributed by atoms with Gasteiger partial charge in [0.2, 0.25) is 5.91 Å². The lowest BCUT2D eigenvalue weighted by Crippen LogP contribution is -2.60. The van der Waals surface area contributed by atoms with E-state index in [1.54, 1.807) is 6.92 Å². The average Bonchev–Trinajstić information content (AvgIpc) is 2.42. The molecule has 1 fully saturated rings. The number of carbonyl (C=O) groups excluding carboxylic acids is 2. The summed E-state index contributed by atoms with van der Waals surface area (Å²) in [6, 6.07) is -0.656. The van der Waals surface area contributed by atoms with Crippen LogP contribution < -0.4 is 5.32 Å². The maximum atomic E-state index is 11.5. The van der Waals surface area contributed by atoms with Gasteiger partial charge in [-0.15, -0.1) is 0 Å². The van der Waals surface area contributed by atoms with E-state index in [0.717, 1.165) is 0 Å². The Morgan fingerprint density at radius 3 is 2.64 bits per heavy atom. The van der Waals surface area contributed by atoms with Gasteiger partial charge in [-0.25, -0.2) is 0 Å². The molecule has 1 rings (SSSR count). The summed E-state index contributed by atoms with van der Waals surface area (Å²) < 4.78 is 15.4. The summed E-state index contributed by atoms with van der Waals surface area (Å²) in [7, 11) is 0. The van der Waals surface area contributed by atoms with Crippen LogP contribution in [0.1, 0.15) is 33.6 Å². The van der Waals surface area contributed by atoms with E-state index in [2.05, 4.69) is 5.32 Å². The average molecular weight is 319 g/mol. The molecule has 1 unspecified atom stereocenters. The van der Waals surface area contributed by atoms with Crippen LogP contribution in [-0.2, 0) is 23.8 Å². The summed E-state index contributed by atoms with van der Waals surface area (Å²) in [5.41, 5.74) is 0. The maximum absolute atomic E-state index is 11.5. The standard InChI is InChI=1S/C14H25NO7/c1-4-5-12(17)15-10-6-21-11(14(19)13(10)18)7-20-9(3)22-8(2)16/h9-11,13-14,18-19H,4-7H2,1-3H3,(H,15,17)/t9?,10-,11+,13+,14+/m0/s1. The summed E-state index contributed by atoms with van der Waals surface area (Å²) >= 11 is 0. The second-order valence-electron chi connectivity index (χ2n) is 5.29. The number of aliphatic hydroxyl groups is 2. The Morgan fingerprint density at radius 2 is 2.05 bits per heavy atom. The lowest BCUT2D eigenvalue weighted by atomic mass is 9.98. The number of hydrogen-bond donors (Lipinski definition) is 3. The van der Waals surface area contributed by atoms with Crippen LogP contribution in [0.3, 0.4) is 0 Å².